The molecule has 0 aliphatic heterocycles. The molecule has 0 aromatic heterocycles. The van der Waals surface area contributed by atoms with E-state index in [9.17, 15) is 9.59 Å². The Balaban J connectivity index is 1.50. The summed E-state index contributed by atoms with van der Waals surface area (Å²) in [6, 6.07) is 0. The molecule has 5 aliphatic rings. The number of Topliss-reactive ketones (excluding diaryl/α,β-unsaturated/α-hetero) is 1. The van der Waals surface area contributed by atoms with Gasteiger partial charge in [0.15, 0.2) is 0 Å². The van der Waals surface area contributed by atoms with Crippen LogP contribution in [0.5, 0.6) is 0 Å². The van der Waals surface area contributed by atoms with Crippen LogP contribution in [-0.4, -0.2) is 17.9 Å². The van der Waals surface area contributed by atoms with Gasteiger partial charge in [0.25, 0.3) is 0 Å². The Labute approximate surface area is 208 Å². The maximum absolute atomic E-state index is 12.9. The molecule has 0 N–H and O–H groups in total. The average Bonchev–Trinajstić information content (AvgIpc) is 2.74. The fourth-order valence-electron chi connectivity index (χ4n) is 11.7. The van der Waals surface area contributed by atoms with Crippen molar-refractivity contribution in [3.05, 3.63) is 0 Å². The summed E-state index contributed by atoms with van der Waals surface area (Å²) < 4.78 is 5.89. The van der Waals surface area contributed by atoms with Crippen LogP contribution in [0.25, 0.3) is 0 Å². The van der Waals surface area contributed by atoms with Gasteiger partial charge in [-0.05, 0) is 103 Å². The summed E-state index contributed by atoms with van der Waals surface area (Å²) in [5.41, 5.74) is 1.32. The van der Waals surface area contributed by atoms with Gasteiger partial charge >= 0.3 is 5.97 Å². The zero-order valence-electron chi connectivity index (χ0n) is 23.3. The van der Waals surface area contributed by atoms with Gasteiger partial charge in [-0.1, -0.05) is 48.5 Å². The third kappa shape index (κ3) is 3.06. The summed E-state index contributed by atoms with van der Waals surface area (Å²) in [6.07, 6.45) is 11.9. The van der Waals surface area contributed by atoms with Crippen molar-refractivity contribution in [2.75, 3.05) is 0 Å². The molecular weight excluding hydrogens is 420 g/mol. The van der Waals surface area contributed by atoms with Gasteiger partial charge in [-0.3, -0.25) is 9.59 Å². The number of hydrogen-bond acceptors (Lipinski definition) is 3. The van der Waals surface area contributed by atoms with Crippen LogP contribution in [0.2, 0.25) is 0 Å². The molecule has 192 valence electrons. The molecule has 0 radical (unpaired) electrons. The number of ether oxygens (including phenoxy) is 1. The van der Waals surface area contributed by atoms with Gasteiger partial charge in [0.1, 0.15) is 11.9 Å². The molecule has 0 spiro atoms. The third-order valence-corrected chi connectivity index (χ3v) is 13.6. The van der Waals surface area contributed by atoms with E-state index in [1.807, 2.05) is 0 Å². The van der Waals surface area contributed by atoms with E-state index in [1.165, 1.54) is 44.9 Å². The molecule has 5 rings (SSSR count). The lowest BCUT2D eigenvalue weighted by Crippen LogP contribution is -2.67. The van der Waals surface area contributed by atoms with E-state index >= 15 is 0 Å². The molecule has 10 unspecified atom stereocenters. The van der Waals surface area contributed by atoms with Gasteiger partial charge in [0, 0.05) is 24.7 Å². The van der Waals surface area contributed by atoms with Gasteiger partial charge < -0.3 is 4.74 Å². The monoisotopic (exact) mass is 470 g/mol. The molecule has 0 aromatic carbocycles. The van der Waals surface area contributed by atoms with Crippen molar-refractivity contribution in [3.8, 4) is 0 Å². The lowest BCUT2D eigenvalue weighted by Gasteiger charge is -2.73. The Morgan fingerprint density at radius 2 is 1.53 bits per heavy atom. The molecule has 5 fully saturated rings. The minimum Gasteiger partial charge on any atom is -0.462 e. The standard InChI is InChI=1S/C31H50O3/c1-19-22(33)11-14-28(5)17-18-30(7)21(26(19)28)9-10-24-29(6)15-13-25(34-20(2)32)27(3,4)23(29)12-16-31(24,30)8/h19,21,23-26H,9-18H2,1-8H3. The third-order valence-electron chi connectivity index (χ3n) is 13.6. The molecule has 0 saturated heterocycles. The van der Waals surface area contributed by atoms with Crippen LogP contribution in [0.3, 0.4) is 0 Å². The fourth-order valence-corrected chi connectivity index (χ4v) is 11.7. The zero-order chi connectivity index (χ0) is 24.9. The van der Waals surface area contributed by atoms with Gasteiger partial charge in [-0.15, -0.1) is 0 Å². The Bertz CT molecular complexity index is 876. The lowest BCUT2D eigenvalue weighted by atomic mass is 9.31. The number of esters is 1. The van der Waals surface area contributed by atoms with Crippen LogP contribution in [0.1, 0.15) is 120 Å². The molecule has 0 aromatic rings. The first kappa shape index (κ1) is 24.8. The summed E-state index contributed by atoms with van der Waals surface area (Å²) in [7, 11) is 0. The molecule has 34 heavy (non-hydrogen) atoms. The van der Waals surface area contributed by atoms with E-state index in [4.69, 9.17) is 4.74 Å². The van der Waals surface area contributed by atoms with Crippen LogP contribution in [0, 0.1) is 56.7 Å². The number of hydrogen-bond donors (Lipinski definition) is 0. The first-order valence-corrected chi connectivity index (χ1v) is 14.4. The van der Waals surface area contributed by atoms with Gasteiger partial charge in [-0.2, -0.15) is 0 Å². The first-order chi connectivity index (χ1) is 15.7. The molecule has 0 heterocycles. The molecular formula is C31H50O3. The van der Waals surface area contributed by atoms with E-state index in [-0.39, 0.29) is 23.4 Å². The highest BCUT2D eigenvalue weighted by Gasteiger charge is 2.70. The second-order valence-corrected chi connectivity index (χ2v) is 15.1. The summed E-state index contributed by atoms with van der Waals surface area (Å²) >= 11 is 0. The van der Waals surface area contributed by atoms with Crippen molar-refractivity contribution >= 4 is 11.8 Å². The lowest BCUT2D eigenvalue weighted by molar-refractivity contribution is -0.254. The van der Waals surface area contributed by atoms with Gasteiger partial charge in [0.05, 0.1) is 0 Å². The van der Waals surface area contributed by atoms with Crippen molar-refractivity contribution < 1.29 is 14.3 Å². The highest BCUT2D eigenvalue weighted by Crippen LogP contribution is 2.76. The van der Waals surface area contributed by atoms with Crippen molar-refractivity contribution in [2.24, 2.45) is 56.7 Å². The topological polar surface area (TPSA) is 43.4 Å². The van der Waals surface area contributed by atoms with Crippen molar-refractivity contribution in [2.45, 2.75) is 126 Å². The normalized spacial score (nSPS) is 54.2. The maximum atomic E-state index is 12.9. The van der Waals surface area contributed by atoms with Crippen molar-refractivity contribution in [1.82, 2.24) is 0 Å². The molecule has 3 nitrogen and oxygen atoms in total. The minimum absolute atomic E-state index is 0.0210. The van der Waals surface area contributed by atoms with Gasteiger partial charge in [-0.25, -0.2) is 0 Å². The van der Waals surface area contributed by atoms with E-state index in [0.717, 1.165) is 25.2 Å². The molecule has 0 bridgehead atoms. The summed E-state index contributed by atoms with van der Waals surface area (Å²) in [5, 5.41) is 0. The number of carbonyl (C=O) groups is 2. The number of rotatable bonds is 1. The highest BCUT2D eigenvalue weighted by atomic mass is 16.5. The maximum Gasteiger partial charge on any atom is 0.302 e. The molecule has 3 heteroatoms. The second-order valence-electron chi connectivity index (χ2n) is 15.1. The Hall–Kier alpha value is -0.860. The summed E-state index contributed by atoms with van der Waals surface area (Å²) in [4.78, 5) is 24.8. The van der Waals surface area contributed by atoms with Crippen molar-refractivity contribution in [3.63, 3.8) is 0 Å². The Morgan fingerprint density at radius 1 is 0.824 bits per heavy atom. The molecule has 0 amide bonds. The second kappa shape index (κ2) is 7.58. The molecule has 5 saturated carbocycles. The predicted molar refractivity (Wildman–Crippen MR) is 136 cm³/mol. The van der Waals surface area contributed by atoms with Crippen LogP contribution >= 0.6 is 0 Å². The smallest absolute Gasteiger partial charge is 0.302 e. The number of ketones is 1. The van der Waals surface area contributed by atoms with E-state index in [2.05, 4.69) is 48.5 Å². The van der Waals surface area contributed by atoms with E-state index in [0.29, 0.717) is 45.2 Å². The van der Waals surface area contributed by atoms with E-state index in [1.54, 1.807) is 6.92 Å². The van der Waals surface area contributed by atoms with Crippen LogP contribution in [-0.2, 0) is 14.3 Å². The summed E-state index contributed by atoms with van der Waals surface area (Å²) in [6.45, 7) is 19.0. The number of fused-ring (bicyclic) bond motifs is 7. The molecule has 5 aliphatic carbocycles. The van der Waals surface area contributed by atoms with Crippen LogP contribution < -0.4 is 0 Å². The Morgan fingerprint density at radius 3 is 2.21 bits per heavy atom. The highest BCUT2D eigenvalue weighted by molar-refractivity contribution is 5.82. The van der Waals surface area contributed by atoms with E-state index < -0.39 is 0 Å². The van der Waals surface area contributed by atoms with Gasteiger partial charge in [0.2, 0.25) is 0 Å². The zero-order valence-corrected chi connectivity index (χ0v) is 23.3. The quantitative estimate of drug-likeness (QED) is 0.370. The van der Waals surface area contributed by atoms with Crippen molar-refractivity contribution in [1.29, 1.82) is 0 Å². The SMILES string of the molecule is CC(=O)OC1CCC2(C)C(CCC3(C)C2CCC2C4C(C)C(=O)CCC4(C)CCC23C)C1(C)C. The number of carbonyl (C=O) groups excluding carboxylic acids is 2. The first-order valence-electron chi connectivity index (χ1n) is 14.4. The largest absolute Gasteiger partial charge is 0.462 e. The molecule has 10 atom stereocenters. The predicted octanol–water partition coefficient (Wildman–Crippen LogP) is 7.61. The minimum atomic E-state index is -0.128. The van der Waals surface area contributed by atoms with Crippen LogP contribution in [0.15, 0.2) is 0 Å². The average molecular weight is 471 g/mol. The summed E-state index contributed by atoms with van der Waals surface area (Å²) in [5.74, 6) is 3.19. The Kier molecular flexibility index (Phi) is 5.53. The fraction of sp³-hybridized carbons (Fsp3) is 0.935. The van der Waals surface area contributed by atoms with Crippen LogP contribution in [0.4, 0.5) is 0 Å².